The minimum atomic E-state index is -3.92. The molecular formula is C23H29FN2O5S. The topological polar surface area (TPSA) is 84.9 Å². The largest absolute Gasteiger partial charge is 0.490 e. The van der Waals surface area contributed by atoms with E-state index in [0.717, 1.165) is 25.0 Å². The van der Waals surface area contributed by atoms with Crippen LogP contribution in [-0.2, 0) is 14.8 Å². The van der Waals surface area contributed by atoms with E-state index in [4.69, 9.17) is 9.47 Å². The molecule has 1 atom stereocenters. The molecule has 1 fully saturated rings. The van der Waals surface area contributed by atoms with Crippen LogP contribution >= 0.6 is 0 Å². The molecule has 3 rings (SSSR count). The van der Waals surface area contributed by atoms with Crippen LogP contribution in [0.2, 0.25) is 0 Å². The SMILES string of the molecule is CCCOc1ccc(NC(=O)C2CCCN2S(=O)(=O)c2ccc(F)cc2)cc1OCCC. The van der Waals surface area contributed by atoms with Gasteiger partial charge >= 0.3 is 0 Å². The highest BCUT2D eigenvalue weighted by atomic mass is 32.2. The van der Waals surface area contributed by atoms with E-state index >= 15 is 0 Å². The highest BCUT2D eigenvalue weighted by Crippen LogP contribution is 2.32. The van der Waals surface area contributed by atoms with Crippen LogP contribution < -0.4 is 14.8 Å². The quantitative estimate of drug-likeness (QED) is 0.570. The summed E-state index contributed by atoms with van der Waals surface area (Å²) in [7, 11) is -3.92. The van der Waals surface area contributed by atoms with Crippen LogP contribution in [0, 0.1) is 5.82 Å². The van der Waals surface area contributed by atoms with Crippen LogP contribution in [0.3, 0.4) is 0 Å². The summed E-state index contributed by atoms with van der Waals surface area (Å²) in [6.45, 7) is 5.29. The number of rotatable bonds is 10. The first-order chi connectivity index (χ1) is 15.4. The molecule has 0 saturated carbocycles. The van der Waals surface area contributed by atoms with Crippen LogP contribution in [0.5, 0.6) is 11.5 Å². The van der Waals surface area contributed by atoms with Gasteiger partial charge in [0.25, 0.3) is 0 Å². The van der Waals surface area contributed by atoms with Gasteiger partial charge < -0.3 is 14.8 Å². The van der Waals surface area contributed by atoms with Crippen molar-refractivity contribution in [2.75, 3.05) is 25.1 Å². The van der Waals surface area contributed by atoms with Crippen molar-refractivity contribution in [2.24, 2.45) is 0 Å². The fraction of sp³-hybridized carbons (Fsp3) is 0.435. The summed E-state index contributed by atoms with van der Waals surface area (Å²) in [5.74, 6) is 0.184. The van der Waals surface area contributed by atoms with Crippen molar-refractivity contribution < 1.29 is 27.1 Å². The summed E-state index contributed by atoms with van der Waals surface area (Å²) < 4.78 is 51.9. The predicted molar refractivity (Wildman–Crippen MR) is 120 cm³/mol. The van der Waals surface area contributed by atoms with E-state index in [1.54, 1.807) is 18.2 Å². The molecule has 32 heavy (non-hydrogen) atoms. The summed E-state index contributed by atoms with van der Waals surface area (Å²) in [5.41, 5.74) is 0.496. The predicted octanol–water partition coefficient (Wildman–Crippen LogP) is 4.20. The monoisotopic (exact) mass is 464 g/mol. The Bertz CT molecular complexity index is 1030. The first-order valence-corrected chi connectivity index (χ1v) is 12.3. The van der Waals surface area contributed by atoms with Crippen LogP contribution in [0.1, 0.15) is 39.5 Å². The van der Waals surface area contributed by atoms with Gasteiger partial charge in [-0.15, -0.1) is 0 Å². The van der Waals surface area contributed by atoms with Crippen LogP contribution in [-0.4, -0.2) is 44.4 Å². The van der Waals surface area contributed by atoms with E-state index in [0.29, 0.717) is 43.2 Å². The molecule has 0 bridgehead atoms. The summed E-state index contributed by atoms with van der Waals surface area (Å²) in [4.78, 5) is 13.0. The normalized spacial score (nSPS) is 16.7. The van der Waals surface area contributed by atoms with E-state index in [1.165, 1.54) is 16.4 Å². The molecule has 1 aliphatic rings. The Kier molecular flexibility index (Phi) is 8.09. The van der Waals surface area contributed by atoms with Gasteiger partial charge in [0.15, 0.2) is 11.5 Å². The number of hydrogen-bond acceptors (Lipinski definition) is 5. The lowest BCUT2D eigenvalue weighted by Gasteiger charge is -2.23. The molecule has 1 heterocycles. The Morgan fingerprint density at radius 3 is 2.38 bits per heavy atom. The van der Waals surface area contributed by atoms with Crippen molar-refractivity contribution in [3.8, 4) is 11.5 Å². The number of carbonyl (C=O) groups excluding carboxylic acids is 1. The highest BCUT2D eigenvalue weighted by molar-refractivity contribution is 7.89. The smallest absolute Gasteiger partial charge is 0.243 e. The average Bonchev–Trinajstić information content (AvgIpc) is 3.28. The third-order valence-electron chi connectivity index (χ3n) is 5.06. The Hall–Kier alpha value is -2.65. The molecule has 2 aromatic rings. The molecular weight excluding hydrogens is 435 g/mol. The number of nitrogens with one attached hydrogen (secondary N) is 1. The fourth-order valence-electron chi connectivity index (χ4n) is 3.50. The van der Waals surface area contributed by atoms with Gasteiger partial charge in [-0.25, -0.2) is 12.8 Å². The summed E-state index contributed by atoms with van der Waals surface area (Å²) in [5, 5.41) is 2.81. The Morgan fingerprint density at radius 1 is 1.06 bits per heavy atom. The number of ether oxygens (including phenoxy) is 2. The molecule has 1 saturated heterocycles. The maximum Gasteiger partial charge on any atom is 0.243 e. The second kappa shape index (κ2) is 10.8. The molecule has 0 radical (unpaired) electrons. The molecule has 2 aromatic carbocycles. The van der Waals surface area contributed by atoms with E-state index in [-0.39, 0.29) is 11.4 Å². The van der Waals surface area contributed by atoms with Gasteiger partial charge in [0.2, 0.25) is 15.9 Å². The molecule has 0 spiro atoms. The first-order valence-electron chi connectivity index (χ1n) is 10.8. The van der Waals surface area contributed by atoms with Gasteiger partial charge in [-0.1, -0.05) is 13.8 Å². The summed E-state index contributed by atoms with van der Waals surface area (Å²) in [6.07, 6.45) is 2.64. The van der Waals surface area contributed by atoms with Crippen LogP contribution in [0.25, 0.3) is 0 Å². The third kappa shape index (κ3) is 5.58. The number of carbonyl (C=O) groups is 1. The van der Waals surface area contributed by atoms with Crippen molar-refractivity contribution in [3.05, 3.63) is 48.3 Å². The van der Waals surface area contributed by atoms with Gasteiger partial charge in [-0.2, -0.15) is 4.31 Å². The second-order valence-electron chi connectivity index (χ2n) is 7.58. The van der Waals surface area contributed by atoms with Gasteiger partial charge in [-0.3, -0.25) is 4.79 Å². The highest BCUT2D eigenvalue weighted by Gasteiger charge is 2.39. The molecule has 1 unspecified atom stereocenters. The first kappa shape index (κ1) is 24.0. The number of benzene rings is 2. The van der Waals surface area contributed by atoms with Crippen molar-refractivity contribution >= 4 is 21.6 Å². The fourth-order valence-corrected chi connectivity index (χ4v) is 5.16. The summed E-state index contributed by atoms with van der Waals surface area (Å²) >= 11 is 0. The number of nitrogens with zero attached hydrogens (tertiary/aromatic N) is 1. The van der Waals surface area contributed by atoms with Crippen molar-refractivity contribution in [1.29, 1.82) is 0 Å². The molecule has 1 amide bonds. The van der Waals surface area contributed by atoms with Crippen molar-refractivity contribution in [1.82, 2.24) is 4.31 Å². The zero-order valence-corrected chi connectivity index (χ0v) is 19.2. The molecule has 9 heteroatoms. The minimum Gasteiger partial charge on any atom is -0.490 e. The van der Waals surface area contributed by atoms with E-state index < -0.39 is 27.8 Å². The zero-order valence-electron chi connectivity index (χ0n) is 18.3. The number of hydrogen-bond donors (Lipinski definition) is 1. The van der Waals surface area contributed by atoms with Crippen molar-refractivity contribution in [2.45, 2.75) is 50.5 Å². The average molecular weight is 465 g/mol. The third-order valence-corrected chi connectivity index (χ3v) is 6.98. The lowest BCUT2D eigenvalue weighted by molar-refractivity contribution is -0.119. The van der Waals surface area contributed by atoms with Crippen LogP contribution in [0.4, 0.5) is 10.1 Å². The lowest BCUT2D eigenvalue weighted by atomic mass is 10.2. The van der Waals surface area contributed by atoms with Gasteiger partial charge in [-0.05, 0) is 62.1 Å². The molecule has 7 nitrogen and oxygen atoms in total. The van der Waals surface area contributed by atoms with Gasteiger partial charge in [0, 0.05) is 18.3 Å². The van der Waals surface area contributed by atoms with Crippen molar-refractivity contribution in [3.63, 3.8) is 0 Å². The number of sulfonamides is 1. The lowest BCUT2D eigenvalue weighted by Crippen LogP contribution is -2.43. The van der Waals surface area contributed by atoms with Crippen LogP contribution in [0.15, 0.2) is 47.4 Å². The van der Waals surface area contributed by atoms with Gasteiger partial charge in [0.1, 0.15) is 11.9 Å². The Morgan fingerprint density at radius 2 is 1.72 bits per heavy atom. The van der Waals surface area contributed by atoms with E-state index in [9.17, 15) is 17.6 Å². The Labute approximate surface area is 188 Å². The number of anilines is 1. The van der Waals surface area contributed by atoms with E-state index in [2.05, 4.69) is 5.32 Å². The van der Waals surface area contributed by atoms with Gasteiger partial charge in [0.05, 0.1) is 18.1 Å². The maximum atomic E-state index is 13.2. The minimum absolute atomic E-state index is 0.0359. The Balaban J connectivity index is 1.77. The number of halogens is 1. The molecule has 0 aromatic heterocycles. The van der Waals surface area contributed by atoms with E-state index in [1.807, 2.05) is 13.8 Å². The second-order valence-corrected chi connectivity index (χ2v) is 9.47. The molecule has 1 aliphatic heterocycles. The molecule has 1 N–H and O–H groups in total. The maximum absolute atomic E-state index is 13.2. The number of amides is 1. The molecule has 0 aliphatic carbocycles. The zero-order chi connectivity index (χ0) is 23.1. The standard InChI is InChI=1S/C23H29FN2O5S/c1-3-14-30-21-12-9-18(16-22(21)31-15-4-2)25-23(27)20-6-5-13-26(20)32(28,29)19-10-7-17(24)8-11-19/h7-12,16,20H,3-6,13-15H2,1-2H3,(H,25,27). The molecule has 174 valence electrons. The summed E-state index contributed by atoms with van der Waals surface area (Å²) in [6, 6.07) is 8.89.